The number of esters is 1. The zero-order valence-electron chi connectivity index (χ0n) is 19.1. The van der Waals surface area contributed by atoms with Crippen LogP contribution in [0.5, 0.6) is 5.75 Å². The fraction of sp³-hybridized carbons (Fsp3) is 0.320. The Labute approximate surface area is 192 Å². The number of ether oxygens (including phenoxy) is 2. The van der Waals surface area contributed by atoms with Crippen LogP contribution in [0, 0.1) is 20.8 Å². The Bertz CT molecular complexity index is 1100. The monoisotopic (exact) mass is 452 g/mol. The van der Waals surface area contributed by atoms with E-state index in [9.17, 15) is 9.59 Å². The van der Waals surface area contributed by atoms with Crippen LogP contribution in [0.2, 0.25) is 0 Å². The van der Waals surface area contributed by atoms with Crippen molar-refractivity contribution in [3.8, 4) is 5.75 Å². The van der Waals surface area contributed by atoms with E-state index in [1.54, 1.807) is 12.0 Å². The van der Waals surface area contributed by atoms with E-state index in [-0.39, 0.29) is 24.9 Å². The zero-order chi connectivity index (χ0) is 23.3. The van der Waals surface area contributed by atoms with Crippen LogP contribution in [-0.4, -0.2) is 24.0 Å². The molecule has 2 aromatic carbocycles. The van der Waals surface area contributed by atoms with Gasteiger partial charge in [0.2, 0.25) is 5.91 Å². The van der Waals surface area contributed by atoms with Crippen LogP contribution in [0.1, 0.15) is 41.3 Å². The van der Waals surface area contributed by atoms with Crippen LogP contribution in [0.15, 0.2) is 41.8 Å². The molecule has 0 atom stereocenters. The first-order valence-corrected chi connectivity index (χ1v) is 11.3. The van der Waals surface area contributed by atoms with Crippen molar-refractivity contribution in [1.29, 1.82) is 0 Å². The van der Waals surface area contributed by atoms with Gasteiger partial charge in [0, 0.05) is 18.7 Å². The molecule has 0 aliphatic carbocycles. The Morgan fingerprint density at radius 3 is 2.44 bits per heavy atom. The van der Waals surface area contributed by atoms with E-state index in [1.165, 1.54) is 18.3 Å². The maximum Gasteiger partial charge on any atom is 0.306 e. The van der Waals surface area contributed by atoms with Gasteiger partial charge in [-0.25, -0.2) is 4.98 Å². The first-order valence-electron chi connectivity index (χ1n) is 10.4. The van der Waals surface area contributed by atoms with Gasteiger partial charge in [0.25, 0.3) is 0 Å². The van der Waals surface area contributed by atoms with E-state index in [0.29, 0.717) is 17.2 Å². The largest absolute Gasteiger partial charge is 0.496 e. The maximum atomic E-state index is 12.5. The van der Waals surface area contributed by atoms with Crippen molar-refractivity contribution in [2.24, 2.45) is 0 Å². The summed E-state index contributed by atoms with van der Waals surface area (Å²) in [5, 5.41) is 2.38. The second-order valence-corrected chi connectivity index (χ2v) is 8.53. The molecule has 3 aromatic rings. The number of amides is 1. The number of hydrogen-bond donors (Lipinski definition) is 0. The number of aryl methyl sites for hydroxylation is 4. The molecule has 1 amide bonds. The molecular formula is C25H28N2O4S. The van der Waals surface area contributed by atoms with Crippen LogP contribution in [0.25, 0.3) is 0 Å². The number of benzene rings is 2. The van der Waals surface area contributed by atoms with Crippen molar-refractivity contribution >= 4 is 34.0 Å². The van der Waals surface area contributed by atoms with Crippen molar-refractivity contribution in [3.63, 3.8) is 0 Å². The minimum absolute atomic E-state index is 0.0683. The zero-order valence-corrected chi connectivity index (χ0v) is 19.9. The normalized spacial score (nSPS) is 10.7. The van der Waals surface area contributed by atoms with Gasteiger partial charge in [0.15, 0.2) is 5.13 Å². The Hall–Kier alpha value is -3.19. The molecule has 168 valence electrons. The minimum atomic E-state index is -0.306. The van der Waals surface area contributed by atoms with Crippen LogP contribution in [0.4, 0.5) is 10.8 Å². The quantitative estimate of drug-likeness (QED) is 0.426. The molecule has 0 saturated carbocycles. The van der Waals surface area contributed by atoms with Gasteiger partial charge in [-0.2, -0.15) is 0 Å². The second kappa shape index (κ2) is 10.4. The van der Waals surface area contributed by atoms with E-state index in [0.717, 1.165) is 33.7 Å². The fourth-order valence-electron chi connectivity index (χ4n) is 3.75. The molecule has 7 heteroatoms. The molecule has 0 aliphatic heterocycles. The van der Waals surface area contributed by atoms with Gasteiger partial charge in [-0.15, -0.1) is 11.3 Å². The Morgan fingerprint density at radius 2 is 1.78 bits per heavy atom. The smallest absolute Gasteiger partial charge is 0.306 e. The highest BCUT2D eigenvalue weighted by atomic mass is 32.1. The van der Waals surface area contributed by atoms with Gasteiger partial charge in [0.1, 0.15) is 12.4 Å². The lowest BCUT2D eigenvalue weighted by molar-refractivity contribution is -0.145. The molecule has 0 spiro atoms. The Morgan fingerprint density at radius 1 is 1.09 bits per heavy atom. The molecule has 6 nitrogen and oxygen atoms in total. The molecule has 1 heterocycles. The number of aromatic nitrogens is 1. The number of para-hydroxylation sites is 1. The topological polar surface area (TPSA) is 68.7 Å². The first-order chi connectivity index (χ1) is 15.3. The standard InChI is InChI=1S/C25H28N2O4S/c1-16-12-17(2)24(18(3)13-16)27(19(4)28)25-26-21(15-32-25)14-31-23(29)11-10-20-8-6-7-9-22(20)30-5/h6-9,12-13,15H,10-11,14H2,1-5H3. The first kappa shape index (κ1) is 23.5. The summed E-state index contributed by atoms with van der Waals surface area (Å²) in [6.07, 6.45) is 0.786. The third-order valence-corrected chi connectivity index (χ3v) is 5.95. The number of carbonyl (C=O) groups is 2. The van der Waals surface area contributed by atoms with Crippen LogP contribution >= 0.6 is 11.3 Å². The number of hydrogen-bond acceptors (Lipinski definition) is 6. The molecule has 32 heavy (non-hydrogen) atoms. The molecule has 0 saturated heterocycles. The summed E-state index contributed by atoms with van der Waals surface area (Å²) in [5.74, 6) is 0.337. The maximum absolute atomic E-state index is 12.5. The van der Waals surface area contributed by atoms with E-state index in [2.05, 4.69) is 17.1 Å². The summed E-state index contributed by atoms with van der Waals surface area (Å²) in [6, 6.07) is 11.7. The van der Waals surface area contributed by atoms with E-state index < -0.39 is 0 Å². The van der Waals surface area contributed by atoms with E-state index in [4.69, 9.17) is 9.47 Å². The molecule has 0 unspecified atom stereocenters. The molecule has 0 fully saturated rings. The average Bonchev–Trinajstić information content (AvgIpc) is 3.21. The molecule has 0 bridgehead atoms. The third-order valence-electron chi connectivity index (χ3n) is 5.08. The summed E-state index contributed by atoms with van der Waals surface area (Å²) in [6.45, 7) is 7.61. The highest BCUT2D eigenvalue weighted by Gasteiger charge is 2.22. The van der Waals surface area contributed by atoms with E-state index in [1.807, 2.05) is 50.4 Å². The minimum Gasteiger partial charge on any atom is -0.496 e. The molecule has 0 radical (unpaired) electrons. The van der Waals surface area contributed by atoms with Gasteiger partial charge in [-0.1, -0.05) is 35.9 Å². The molecule has 3 rings (SSSR count). The summed E-state index contributed by atoms with van der Waals surface area (Å²) < 4.78 is 10.7. The predicted molar refractivity (Wildman–Crippen MR) is 127 cm³/mol. The SMILES string of the molecule is COc1ccccc1CCC(=O)OCc1csc(N(C(C)=O)c2c(C)cc(C)cc2C)n1. The summed E-state index contributed by atoms with van der Waals surface area (Å²) >= 11 is 1.36. The van der Waals surface area contributed by atoms with Crippen LogP contribution in [-0.2, 0) is 27.4 Å². The van der Waals surface area contributed by atoms with E-state index >= 15 is 0 Å². The van der Waals surface area contributed by atoms with Crippen molar-refractivity contribution in [1.82, 2.24) is 4.98 Å². The second-order valence-electron chi connectivity index (χ2n) is 7.70. The highest BCUT2D eigenvalue weighted by Crippen LogP contribution is 2.34. The van der Waals surface area contributed by atoms with Gasteiger partial charge in [0.05, 0.1) is 18.5 Å². The summed E-state index contributed by atoms with van der Waals surface area (Å²) in [7, 11) is 1.61. The van der Waals surface area contributed by atoms with Gasteiger partial charge in [-0.05, 0) is 49.9 Å². The lowest BCUT2D eigenvalue weighted by Crippen LogP contribution is -2.24. The van der Waals surface area contributed by atoms with Crippen molar-refractivity contribution in [2.75, 3.05) is 12.0 Å². The van der Waals surface area contributed by atoms with Gasteiger partial charge < -0.3 is 9.47 Å². The Kier molecular flexibility index (Phi) is 7.64. The summed E-state index contributed by atoms with van der Waals surface area (Å²) in [4.78, 5) is 30.9. The Balaban J connectivity index is 1.66. The average molecular weight is 453 g/mol. The lowest BCUT2D eigenvalue weighted by atomic mass is 10.0. The van der Waals surface area contributed by atoms with Gasteiger partial charge in [-0.3, -0.25) is 14.5 Å². The predicted octanol–water partition coefficient (Wildman–Crippen LogP) is 5.44. The fourth-order valence-corrected chi connectivity index (χ4v) is 4.61. The van der Waals surface area contributed by atoms with Crippen molar-refractivity contribution < 1.29 is 19.1 Å². The number of carbonyl (C=O) groups excluding carboxylic acids is 2. The number of nitrogens with zero attached hydrogens (tertiary/aromatic N) is 2. The van der Waals surface area contributed by atoms with Gasteiger partial charge >= 0.3 is 5.97 Å². The number of anilines is 2. The highest BCUT2D eigenvalue weighted by molar-refractivity contribution is 7.14. The third kappa shape index (κ3) is 5.53. The van der Waals surface area contributed by atoms with Crippen LogP contribution in [0.3, 0.4) is 0 Å². The summed E-state index contributed by atoms with van der Waals surface area (Å²) in [5.41, 5.74) is 5.59. The van der Waals surface area contributed by atoms with Crippen LogP contribution < -0.4 is 9.64 Å². The van der Waals surface area contributed by atoms with Crippen molar-refractivity contribution in [2.45, 2.75) is 47.1 Å². The number of rotatable bonds is 8. The molecular weight excluding hydrogens is 424 g/mol. The molecule has 0 aliphatic rings. The molecule has 1 aromatic heterocycles. The molecule has 0 N–H and O–H groups in total. The van der Waals surface area contributed by atoms with Crippen molar-refractivity contribution in [3.05, 3.63) is 69.7 Å². The number of methoxy groups -OCH3 is 1. The number of thiazole rings is 1. The lowest BCUT2D eigenvalue weighted by Gasteiger charge is -2.23.